The van der Waals surface area contributed by atoms with Crippen LogP contribution in [0.5, 0.6) is 5.75 Å². The summed E-state index contributed by atoms with van der Waals surface area (Å²) in [6, 6.07) is 7.25. The van der Waals surface area contributed by atoms with Crippen molar-refractivity contribution in [1.29, 1.82) is 0 Å². The highest BCUT2D eigenvalue weighted by atomic mass is 16.3. The number of aryl methyl sites for hydroxylation is 1. The molecule has 2 aromatic rings. The Labute approximate surface area is 130 Å². The van der Waals surface area contributed by atoms with Crippen LogP contribution in [-0.4, -0.2) is 21.2 Å². The molecule has 0 saturated heterocycles. The molecule has 5 heteroatoms. The second-order valence-electron chi connectivity index (χ2n) is 5.36. The number of aromatic hydroxyl groups is 1. The van der Waals surface area contributed by atoms with Gasteiger partial charge < -0.3 is 15.0 Å². The Kier molecular flexibility index (Phi) is 6.01. The van der Waals surface area contributed by atoms with Crippen LogP contribution in [0.25, 0.3) is 0 Å². The number of nitrogens with zero attached hydrogens (tertiary/aromatic N) is 2. The van der Waals surface area contributed by atoms with Crippen molar-refractivity contribution in [1.82, 2.24) is 9.55 Å². The van der Waals surface area contributed by atoms with Gasteiger partial charge in [-0.25, -0.2) is 4.98 Å². The summed E-state index contributed by atoms with van der Waals surface area (Å²) in [5.41, 5.74) is 0.332. The maximum Gasteiger partial charge on any atom is 0.223 e. The average molecular weight is 301 g/mol. The molecule has 0 atom stereocenters. The zero-order chi connectivity index (χ0) is 15.8. The van der Waals surface area contributed by atoms with E-state index >= 15 is 0 Å². The first kappa shape index (κ1) is 16.1. The Morgan fingerprint density at radius 1 is 1.18 bits per heavy atom. The molecule has 2 N–H and O–H groups in total. The highest BCUT2D eigenvalue weighted by molar-refractivity contribution is 5.32. The number of aromatic nitrogens is 2. The molecule has 0 radical (unpaired) electrons. The predicted octanol–water partition coefficient (Wildman–Crippen LogP) is 2.93. The summed E-state index contributed by atoms with van der Waals surface area (Å²) in [4.78, 5) is 15.5. The van der Waals surface area contributed by atoms with Crippen LogP contribution in [0, 0.1) is 6.92 Å². The molecule has 2 rings (SSSR count). The van der Waals surface area contributed by atoms with Gasteiger partial charge in [-0.05, 0) is 31.9 Å². The lowest BCUT2D eigenvalue weighted by molar-refractivity contribution is 0.449. The number of pyridine rings is 2. The molecular formula is C17H23N3O2. The predicted molar refractivity (Wildman–Crippen MR) is 88.3 cm³/mol. The summed E-state index contributed by atoms with van der Waals surface area (Å²) in [5.74, 6) is 0.781. The van der Waals surface area contributed by atoms with Gasteiger partial charge in [0, 0.05) is 31.5 Å². The molecule has 118 valence electrons. The van der Waals surface area contributed by atoms with E-state index in [1.165, 1.54) is 6.07 Å². The lowest BCUT2D eigenvalue weighted by Crippen LogP contribution is -2.10. The van der Waals surface area contributed by atoms with Crippen LogP contribution in [0.2, 0.25) is 0 Å². The molecule has 0 bridgehead atoms. The zero-order valence-corrected chi connectivity index (χ0v) is 13.0. The van der Waals surface area contributed by atoms with Crippen molar-refractivity contribution >= 4 is 5.82 Å². The van der Waals surface area contributed by atoms with Gasteiger partial charge in [-0.15, -0.1) is 0 Å². The molecule has 5 nitrogen and oxygen atoms in total. The van der Waals surface area contributed by atoms with E-state index in [1.54, 1.807) is 19.3 Å². The maximum absolute atomic E-state index is 11.3. The van der Waals surface area contributed by atoms with Gasteiger partial charge >= 0.3 is 0 Å². The summed E-state index contributed by atoms with van der Waals surface area (Å²) in [6.07, 6.45) is 7.93. The van der Waals surface area contributed by atoms with Gasteiger partial charge in [0.1, 0.15) is 5.82 Å². The maximum atomic E-state index is 11.3. The van der Waals surface area contributed by atoms with Gasteiger partial charge in [0.05, 0.1) is 5.69 Å². The normalized spacial score (nSPS) is 10.6. The van der Waals surface area contributed by atoms with Crippen molar-refractivity contribution in [3.63, 3.8) is 0 Å². The third-order valence-electron chi connectivity index (χ3n) is 3.71. The third kappa shape index (κ3) is 4.62. The van der Waals surface area contributed by atoms with Crippen molar-refractivity contribution in [3.8, 4) is 5.75 Å². The van der Waals surface area contributed by atoms with Gasteiger partial charge in [0.25, 0.3) is 0 Å². The zero-order valence-electron chi connectivity index (χ0n) is 13.0. The molecule has 0 spiro atoms. The number of hydrogen-bond acceptors (Lipinski definition) is 4. The average Bonchev–Trinajstić information content (AvgIpc) is 2.54. The van der Waals surface area contributed by atoms with Gasteiger partial charge in [0.15, 0.2) is 5.75 Å². The van der Waals surface area contributed by atoms with E-state index in [4.69, 9.17) is 0 Å². The van der Waals surface area contributed by atoms with Crippen molar-refractivity contribution < 1.29 is 5.11 Å². The molecule has 0 unspecified atom stereocenters. The van der Waals surface area contributed by atoms with Crippen LogP contribution in [0.15, 0.2) is 41.5 Å². The Morgan fingerprint density at radius 2 is 2.00 bits per heavy atom. The standard InChI is InChI=1S/C17H23N3O2/c1-14-17(22)15(21)9-13-20(14)12-7-3-2-5-10-18-16-8-4-6-11-19-16/h4,6,8-9,11,13,22H,2-3,5,7,10,12H2,1H3,(H,18,19). The van der Waals surface area contributed by atoms with E-state index < -0.39 is 0 Å². The van der Waals surface area contributed by atoms with Gasteiger partial charge in [-0.2, -0.15) is 0 Å². The second kappa shape index (κ2) is 8.22. The lowest BCUT2D eigenvalue weighted by atomic mass is 10.2. The number of unbranched alkanes of at least 4 members (excludes halogenated alkanes) is 3. The first-order valence-electron chi connectivity index (χ1n) is 7.72. The monoisotopic (exact) mass is 301 g/mol. The third-order valence-corrected chi connectivity index (χ3v) is 3.71. The molecular weight excluding hydrogens is 278 g/mol. The topological polar surface area (TPSA) is 67.2 Å². The molecule has 22 heavy (non-hydrogen) atoms. The van der Waals surface area contributed by atoms with Crippen LogP contribution in [0.1, 0.15) is 31.4 Å². The molecule has 0 aliphatic heterocycles. The second-order valence-corrected chi connectivity index (χ2v) is 5.36. The van der Waals surface area contributed by atoms with Gasteiger partial charge in [-0.1, -0.05) is 18.9 Å². The molecule has 0 saturated carbocycles. The fourth-order valence-electron chi connectivity index (χ4n) is 2.35. The molecule has 2 aromatic heterocycles. The molecule has 0 aliphatic rings. The minimum absolute atomic E-state index is 0.137. The molecule has 2 heterocycles. The van der Waals surface area contributed by atoms with E-state index in [1.807, 2.05) is 22.8 Å². The Bertz CT molecular complexity index is 638. The van der Waals surface area contributed by atoms with Crippen LogP contribution < -0.4 is 10.7 Å². The summed E-state index contributed by atoms with van der Waals surface area (Å²) in [7, 11) is 0. The van der Waals surface area contributed by atoms with Crippen LogP contribution >= 0.6 is 0 Å². The molecule has 0 aliphatic carbocycles. The Morgan fingerprint density at radius 3 is 2.77 bits per heavy atom. The van der Waals surface area contributed by atoms with E-state index in [0.29, 0.717) is 5.69 Å². The smallest absolute Gasteiger partial charge is 0.223 e. The minimum Gasteiger partial charge on any atom is -0.503 e. The minimum atomic E-state index is -0.311. The van der Waals surface area contributed by atoms with Crippen LogP contribution in [0.4, 0.5) is 5.82 Å². The first-order chi connectivity index (χ1) is 10.7. The number of hydrogen-bond donors (Lipinski definition) is 2. The SMILES string of the molecule is Cc1c(O)c(=O)ccn1CCCCCCNc1ccccn1. The summed E-state index contributed by atoms with van der Waals surface area (Å²) < 4.78 is 1.93. The largest absolute Gasteiger partial charge is 0.503 e. The Balaban J connectivity index is 1.62. The van der Waals surface area contributed by atoms with Gasteiger partial charge in [-0.3, -0.25) is 4.79 Å². The van der Waals surface area contributed by atoms with Gasteiger partial charge in [0.2, 0.25) is 5.43 Å². The summed E-state index contributed by atoms with van der Waals surface area (Å²) in [5, 5.41) is 12.9. The molecule has 0 fully saturated rings. The van der Waals surface area contributed by atoms with Crippen molar-refractivity contribution in [2.75, 3.05) is 11.9 Å². The van der Waals surface area contributed by atoms with E-state index in [2.05, 4.69) is 10.3 Å². The number of rotatable bonds is 8. The first-order valence-corrected chi connectivity index (χ1v) is 7.72. The summed E-state index contributed by atoms with van der Waals surface area (Å²) >= 11 is 0. The summed E-state index contributed by atoms with van der Waals surface area (Å²) in [6.45, 7) is 3.52. The van der Waals surface area contributed by atoms with E-state index in [0.717, 1.165) is 44.6 Å². The molecule has 0 amide bonds. The lowest BCUT2D eigenvalue weighted by Gasteiger charge is -2.11. The van der Waals surface area contributed by atoms with Crippen molar-refractivity contribution in [2.45, 2.75) is 39.2 Å². The highest BCUT2D eigenvalue weighted by Gasteiger charge is 2.04. The number of anilines is 1. The fourth-order valence-corrected chi connectivity index (χ4v) is 2.35. The van der Waals surface area contributed by atoms with Crippen molar-refractivity contribution in [3.05, 3.63) is 52.6 Å². The number of nitrogens with one attached hydrogen (secondary N) is 1. The van der Waals surface area contributed by atoms with E-state index in [9.17, 15) is 9.90 Å². The fraction of sp³-hybridized carbons (Fsp3) is 0.412. The van der Waals surface area contributed by atoms with Crippen LogP contribution in [-0.2, 0) is 6.54 Å². The highest BCUT2D eigenvalue weighted by Crippen LogP contribution is 2.11. The molecule has 0 aromatic carbocycles. The van der Waals surface area contributed by atoms with Crippen molar-refractivity contribution in [2.24, 2.45) is 0 Å². The van der Waals surface area contributed by atoms with E-state index in [-0.39, 0.29) is 11.2 Å². The Hall–Kier alpha value is -2.30. The van der Waals surface area contributed by atoms with Crippen LogP contribution in [0.3, 0.4) is 0 Å². The quantitative estimate of drug-likeness (QED) is 0.736.